The average molecular weight is 257 g/mol. The van der Waals surface area contributed by atoms with E-state index in [1.807, 2.05) is 12.3 Å². The quantitative estimate of drug-likeness (QED) is 0.824. The summed E-state index contributed by atoms with van der Waals surface area (Å²) in [4.78, 5) is 12.6. The van der Waals surface area contributed by atoms with Crippen LogP contribution >= 0.6 is 0 Å². The maximum Gasteiger partial charge on any atom is 0.0759 e. The van der Waals surface area contributed by atoms with Gasteiger partial charge >= 0.3 is 0 Å². The van der Waals surface area contributed by atoms with Gasteiger partial charge in [0, 0.05) is 36.7 Å². The Morgan fingerprint density at radius 3 is 2.74 bits per heavy atom. The van der Waals surface area contributed by atoms with Gasteiger partial charge in [-0.05, 0) is 31.0 Å². The van der Waals surface area contributed by atoms with Gasteiger partial charge in [-0.1, -0.05) is 6.92 Å². The lowest BCUT2D eigenvalue weighted by Gasteiger charge is -2.18. The molecule has 2 aromatic heterocycles. The summed E-state index contributed by atoms with van der Waals surface area (Å²) < 4.78 is 0. The fourth-order valence-corrected chi connectivity index (χ4v) is 1.92. The predicted octanol–water partition coefficient (Wildman–Crippen LogP) is 1.74. The van der Waals surface area contributed by atoms with Crippen LogP contribution in [0, 0.1) is 0 Å². The van der Waals surface area contributed by atoms with Crippen LogP contribution in [0.1, 0.15) is 30.6 Å². The summed E-state index contributed by atoms with van der Waals surface area (Å²) in [5, 5.41) is 3.48. The van der Waals surface area contributed by atoms with Crippen molar-refractivity contribution >= 4 is 5.69 Å². The standard InChI is InChI=1S/C14H19N5/c1-2-4-18-13(14-10-17-6-7-19-14)8-11-9-16-5-3-12(11)15/h3,5-7,9-10,13,18H,2,4,8H2,1H3,(H2,15,16). The van der Waals surface area contributed by atoms with Crippen molar-refractivity contribution in [3.05, 3.63) is 48.3 Å². The first-order valence-electron chi connectivity index (χ1n) is 6.49. The van der Waals surface area contributed by atoms with Gasteiger partial charge in [0.2, 0.25) is 0 Å². The fourth-order valence-electron chi connectivity index (χ4n) is 1.92. The number of nitrogens with zero attached hydrogens (tertiary/aromatic N) is 3. The SMILES string of the molecule is CCCNC(Cc1cnccc1N)c1cnccn1. The molecule has 2 rings (SSSR count). The normalized spacial score (nSPS) is 12.3. The van der Waals surface area contributed by atoms with Crippen molar-refractivity contribution in [1.29, 1.82) is 0 Å². The second-order valence-corrected chi connectivity index (χ2v) is 4.42. The summed E-state index contributed by atoms with van der Waals surface area (Å²) in [6.07, 6.45) is 10.5. The number of pyridine rings is 1. The molecule has 0 aliphatic heterocycles. The molecule has 0 aromatic carbocycles. The predicted molar refractivity (Wildman–Crippen MR) is 75.4 cm³/mol. The van der Waals surface area contributed by atoms with Crippen molar-refractivity contribution in [2.45, 2.75) is 25.8 Å². The minimum absolute atomic E-state index is 0.111. The molecular formula is C14H19N5. The minimum Gasteiger partial charge on any atom is -0.398 e. The summed E-state index contributed by atoms with van der Waals surface area (Å²) in [7, 11) is 0. The number of aromatic nitrogens is 3. The Bertz CT molecular complexity index is 500. The Labute approximate surface area is 113 Å². The summed E-state index contributed by atoms with van der Waals surface area (Å²) >= 11 is 0. The molecular weight excluding hydrogens is 238 g/mol. The molecule has 2 heterocycles. The molecule has 0 amide bonds. The maximum absolute atomic E-state index is 5.97. The molecule has 5 nitrogen and oxygen atoms in total. The van der Waals surface area contributed by atoms with Crippen LogP contribution in [0.2, 0.25) is 0 Å². The lowest BCUT2D eigenvalue weighted by atomic mass is 10.0. The number of nitrogens with two attached hydrogens (primary N) is 1. The van der Waals surface area contributed by atoms with Crippen molar-refractivity contribution in [2.24, 2.45) is 0 Å². The zero-order chi connectivity index (χ0) is 13.5. The number of nitrogen functional groups attached to an aromatic ring is 1. The molecule has 0 saturated heterocycles. The van der Waals surface area contributed by atoms with E-state index in [1.54, 1.807) is 24.8 Å². The van der Waals surface area contributed by atoms with E-state index in [4.69, 9.17) is 5.73 Å². The van der Waals surface area contributed by atoms with E-state index in [0.717, 1.165) is 36.3 Å². The van der Waals surface area contributed by atoms with Crippen LogP contribution in [-0.4, -0.2) is 21.5 Å². The van der Waals surface area contributed by atoms with Gasteiger partial charge in [0.05, 0.1) is 11.7 Å². The molecule has 0 saturated carbocycles. The Morgan fingerprint density at radius 1 is 1.21 bits per heavy atom. The lowest BCUT2D eigenvalue weighted by Crippen LogP contribution is -2.25. The number of rotatable bonds is 6. The van der Waals surface area contributed by atoms with Crippen LogP contribution in [0.5, 0.6) is 0 Å². The van der Waals surface area contributed by atoms with E-state index < -0.39 is 0 Å². The van der Waals surface area contributed by atoms with Crippen LogP contribution in [-0.2, 0) is 6.42 Å². The lowest BCUT2D eigenvalue weighted by molar-refractivity contribution is 0.516. The van der Waals surface area contributed by atoms with Crippen molar-refractivity contribution < 1.29 is 0 Å². The highest BCUT2D eigenvalue weighted by Gasteiger charge is 2.14. The van der Waals surface area contributed by atoms with Gasteiger partial charge in [0.15, 0.2) is 0 Å². The summed E-state index contributed by atoms with van der Waals surface area (Å²) in [5.41, 5.74) is 8.70. The Hall–Kier alpha value is -2.01. The van der Waals surface area contributed by atoms with Crippen LogP contribution < -0.4 is 11.1 Å². The minimum atomic E-state index is 0.111. The monoisotopic (exact) mass is 257 g/mol. The number of anilines is 1. The fraction of sp³-hybridized carbons (Fsp3) is 0.357. The molecule has 100 valence electrons. The first kappa shape index (κ1) is 13.4. The molecule has 0 bridgehead atoms. The maximum atomic E-state index is 5.97. The zero-order valence-electron chi connectivity index (χ0n) is 11.1. The Kier molecular flexibility index (Phi) is 4.80. The molecule has 0 aliphatic rings. The van der Waals surface area contributed by atoms with Crippen LogP contribution in [0.15, 0.2) is 37.1 Å². The highest BCUT2D eigenvalue weighted by molar-refractivity contribution is 5.44. The summed E-state index contributed by atoms with van der Waals surface area (Å²) in [6.45, 7) is 3.07. The van der Waals surface area contributed by atoms with Gasteiger partial charge in [-0.25, -0.2) is 0 Å². The van der Waals surface area contributed by atoms with Gasteiger partial charge in [0.1, 0.15) is 0 Å². The van der Waals surface area contributed by atoms with Crippen LogP contribution in [0.4, 0.5) is 5.69 Å². The topological polar surface area (TPSA) is 76.7 Å². The van der Waals surface area contributed by atoms with Crippen molar-refractivity contribution in [1.82, 2.24) is 20.3 Å². The largest absolute Gasteiger partial charge is 0.398 e. The van der Waals surface area contributed by atoms with E-state index in [0.29, 0.717) is 0 Å². The molecule has 0 fully saturated rings. The molecule has 0 radical (unpaired) electrons. The molecule has 0 aliphatic carbocycles. The second-order valence-electron chi connectivity index (χ2n) is 4.42. The number of nitrogens with one attached hydrogen (secondary N) is 1. The smallest absolute Gasteiger partial charge is 0.0759 e. The van der Waals surface area contributed by atoms with Gasteiger partial charge in [-0.2, -0.15) is 0 Å². The Balaban J connectivity index is 2.17. The van der Waals surface area contributed by atoms with E-state index in [1.165, 1.54) is 0 Å². The molecule has 1 unspecified atom stereocenters. The molecule has 0 spiro atoms. The zero-order valence-corrected chi connectivity index (χ0v) is 11.1. The first-order valence-corrected chi connectivity index (χ1v) is 6.49. The highest BCUT2D eigenvalue weighted by Crippen LogP contribution is 2.19. The third-order valence-electron chi connectivity index (χ3n) is 2.95. The van der Waals surface area contributed by atoms with E-state index in [2.05, 4.69) is 27.2 Å². The highest BCUT2D eigenvalue weighted by atomic mass is 14.9. The van der Waals surface area contributed by atoms with Crippen molar-refractivity contribution in [2.75, 3.05) is 12.3 Å². The van der Waals surface area contributed by atoms with Gasteiger partial charge < -0.3 is 11.1 Å². The second kappa shape index (κ2) is 6.80. The van der Waals surface area contributed by atoms with Crippen molar-refractivity contribution in [3.8, 4) is 0 Å². The molecule has 2 aromatic rings. The number of hydrogen-bond donors (Lipinski definition) is 2. The third-order valence-corrected chi connectivity index (χ3v) is 2.95. The van der Waals surface area contributed by atoms with E-state index in [9.17, 15) is 0 Å². The van der Waals surface area contributed by atoms with Crippen LogP contribution in [0.3, 0.4) is 0 Å². The molecule has 3 N–H and O–H groups in total. The van der Waals surface area contributed by atoms with E-state index >= 15 is 0 Å². The van der Waals surface area contributed by atoms with E-state index in [-0.39, 0.29) is 6.04 Å². The molecule has 1 atom stereocenters. The molecule has 5 heteroatoms. The average Bonchev–Trinajstić information content (AvgIpc) is 2.46. The summed E-state index contributed by atoms with van der Waals surface area (Å²) in [6, 6.07) is 1.93. The third kappa shape index (κ3) is 3.72. The Morgan fingerprint density at radius 2 is 2.05 bits per heavy atom. The number of hydrogen-bond acceptors (Lipinski definition) is 5. The summed E-state index contributed by atoms with van der Waals surface area (Å²) in [5.74, 6) is 0. The van der Waals surface area contributed by atoms with Gasteiger partial charge in [-0.15, -0.1) is 0 Å². The van der Waals surface area contributed by atoms with Crippen molar-refractivity contribution in [3.63, 3.8) is 0 Å². The van der Waals surface area contributed by atoms with Crippen LogP contribution in [0.25, 0.3) is 0 Å². The van der Waals surface area contributed by atoms with Gasteiger partial charge in [-0.3, -0.25) is 15.0 Å². The molecule has 19 heavy (non-hydrogen) atoms. The first-order chi connectivity index (χ1) is 9.31. The van der Waals surface area contributed by atoms with Gasteiger partial charge in [0.25, 0.3) is 0 Å².